The van der Waals surface area contributed by atoms with Crippen LogP contribution in [0.2, 0.25) is 0 Å². The summed E-state index contributed by atoms with van der Waals surface area (Å²) in [5, 5.41) is 0. The molecule has 1 rings (SSSR count). The number of halogens is 1. The first-order valence-electron chi connectivity index (χ1n) is 5.33. The zero-order valence-corrected chi connectivity index (χ0v) is 10.5. The Hall–Kier alpha value is -0.830. The van der Waals surface area contributed by atoms with Gasteiger partial charge in [-0.25, -0.2) is 0 Å². The molecular formula is C12H17ClO3. The van der Waals surface area contributed by atoms with Crippen LogP contribution in [-0.4, -0.2) is 23.7 Å². The maximum atomic E-state index is 11.8. The predicted molar refractivity (Wildman–Crippen MR) is 62.4 cm³/mol. The van der Waals surface area contributed by atoms with Crippen molar-refractivity contribution in [3.8, 4) is 0 Å². The van der Waals surface area contributed by atoms with Gasteiger partial charge < -0.3 is 4.74 Å². The van der Waals surface area contributed by atoms with Gasteiger partial charge in [0.05, 0.1) is 5.41 Å². The molecule has 0 radical (unpaired) electrons. The smallest absolute Gasteiger partial charge is 0.321 e. The molecule has 0 aromatic carbocycles. The van der Waals surface area contributed by atoms with E-state index < -0.39 is 11.4 Å². The largest absolute Gasteiger partial charge is 0.460 e. The van der Waals surface area contributed by atoms with E-state index in [-0.39, 0.29) is 17.8 Å². The van der Waals surface area contributed by atoms with Gasteiger partial charge in [-0.05, 0) is 26.7 Å². The summed E-state index contributed by atoms with van der Waals surface area (Å²) in [4.78, 5) is 23.0. The highest BCUT2D eigenvalue weighted by atomic mass is 35.5. The van der Waals surface area contributed by atoms with Gasteiger partial charge in [0.25, 0.3) is 0 Å². The summed E-state index contributed by atoms with van der Waals surface area (Å²) in [6.07, 6.45) is 1.25. The molecule has 1 aliphatic carbocycles. The molecule has 1 aliphatic rings. The van der Waals surface area contributed by atoms with Crippen LogP contribution in [-0.2, 0) is 14.3 Å². The average molecular weight is 245 g/mol. The fourth-order valence-corrected chi connectivity index (χ4v) is 2.33. The number of esters is 1. The van der Waals surface area contributed by atoms with Crippen molar-refractivity contribution in [1.82, 2.24) is 0 Å². The van der Waals surface area contributed by atoms with Gasteiger partial charge >= 0.3 is 5.97 Å². The molecule has 0 bridgehead atoms. The highest BCUT2D eigenvalue weighted by Gasteiger charge is 2.47. The standard InChI is InChI=1S/C12H17ClO3/c1-8(2)6-12(3)9(14)4-5-10(12)16-11(15)7-13/h10H,1,4-7H2,2-3H3/t10-,12+/m0/s1. The molecule has 1 fully saturated rings. The number of rotatable bonds is 4. The Balaban J connectivity index is 2.80. The normalized spacial score (nSPS) is 29.2. The Bertz CT molecular complexity index is 324. The molecule has 16 heavy (non-hydrogen) atoms. The van der Waals surface area contributed by atoms with E-state index in [0.29, 0.717) is 19.3 Å². The van der Waals surface area contributed by atoms with Gasteiger partial charge in [-0.1, -0.05) is 5.57 Å². The highest BCUT2D eigenvalue weighted by Crippen LogP contribution is 2.41. The lowest BCUT2D eigenvalue weighted by Gasteiger charge is -2.29. The molecule has 0 spiro atoms. The van der Waals surface area contributed by atoms with E-state index in [1.807, 2.05) is 13.8 Å². The maximum Gasteiger partial charge on any atom is 0.321 e. The second-order valence-electron chi connectivity index (χ2n) is 4.63. The van der Waals surface area contributed by atoms with Gasteiger partial charge in [0.15, 0.2) is 0 Å². The molecule has 0 amide bonds. The summed E-state index contributed by atoms with van der Waals surface area (Å²) in [7, 11) is 0. The molecule has 0 aromatic rings. The second-order valence-corrected chi connectivity index (χ2v) is 4.89. The van der Waals surface area contributed by atoms with Crippen LogP contribution in [0.15, 0.2) is 12.2 Å². The lowest BCUT2D eigenvalue weighted by Crippen LogP contribution is -2.36. The fraction of sp³-hybridized carbons (Fsp3) is 0.667. The number of allylic oxidation sites excluding steroid dienone is 1. The van der Waals surface area contributed by atoms with Gasteiger partial charge in [0, 0.05) is 6.42 Å². The molecule has 2 atom stereocenters. The van der Waals surface area contributed by atoms with Crippen LogP contribution >= 0.6 is 11.6 Å². The van der Waals surface area contributed by atoms with E-state index in [1.165, 1.54) is 0 Å². The van der Waals surface area contributed by atoms with Crippen LogP contribution in [0.4, 0.5) is 0 Å². The van der Waals surface area contributed by atoms with Gasteiger partial charge in [0.2, 0.25) is 0 Å². The fourth-order valence-electron chi connectivity index (χ4n) is 2.26. The van der Waals surface area contributed by atoms with Crippen LogP contribution in [0.5, 0.6) is 0 Å². The zero-order valence-electron chi connectivity index (χ0n) is 9.72. The van der Waals surface area contributed by atoms with E-state index in [2.05, 4.69) is 6.58 Å². The summed E-state index contributed by atoms with van der Waals surface area (Å²) in [5.74, 6) is -0.495. The maximum absolute atomic E-state index is 11.8. The molecule has 1 saturated carbocycles. The summed E-state index contributed by atoms with van der Waals surface area (Å²) >= 11 is 5.39. The molecule has 90 valence electrons. The van der Waals surface area contributed by atoms with Crippen LogP contribution in [0.1, 0.15) is 33.1 Å². The number of ketones is 1. The Labute approximate surface area is 101 Å². The van der Waals surface area contributed by atoms with Crippen LogP contribution in [0.3, 0.4) is 0 Å². The van der Waals surface area contributed by atoms with E-state index in [0.717, 1.165) is 5.57 Å². The third-order valence-electron chi connectivity index (χ3n) is 3.03. The average Bonchev–Trinajstić information content (AvgIpc) is 2.45. The minimum atomic E-state index is -0.618. The Morgan fingerprint density at radius 3 is 2.81 bits per heavy atom. The third-order valence-corrected chi connectivity index (χ3v) is 3.25. The number of carbonyl (C=O) groups excluding carboxylic acids is 2. The Kier molecular flexibility index (Phi) is 4.14. The minimum absolute atomic E-state index is 0.142. The molecule has 3 nitrogen and oxygen atoms in total. The van der Waals surface area contributed by atoms with Gasteiger partial charge in [-0.15, -0.1) is 18.2 Å². The number of ether oxygens (including phenoxy) is 1. The molecule has 0 aromatic heterocycles. The summed E-state index contributed by atoms with van der Waals surface area (Å²) in [5.41, 5.74) is 0.303. The van der Waals surface area contributed by atoms with Crippen molar-refractivity contribution in [3.05, 3.63) is 12.2 Å². The summed E-state index contributed by atoms with van der Waals surface area (Å²) in [6, 6.07) is 0. The zero-order chi connectivity index (χ0) is 12.3. The quantitative estimate of drug-likeness (QED) is 0.434. The van der Waals surface area contributed by atoms with E-state index in [1.54, 1.807) is 0 Å². The molecular weight excluding hydrogens is 228 g/mol. The first-order chi connectivity index (χ1) is 7.40. The second kappa shape index (κ2) is 5.00. The molecule has 0 aliphatic heterocycles. The predicted octanol–water partition coefficient (Wildman–Crippen LogP) is 2.47. The van der Waals surface area contributed by atoms with E-state index in [9.17, 15) is 9.59 Å². The number of hydrogen-bond donors (Lipinski definition) is 0. The minimum Gasteiger partial charge on any atom is -0.460 e. The van der Waals surface area contributed by atoms with Crippen LogP contribution in [0.25, 0.3) is 0 Å². The molecule has 0 unspecified atom stereocenters. The van der Waals surface area contributed by atoms with E-state index >= 15 is 0 Å². The molecule has 0 saturated heterocycles. The third kappa shape index (κ3) is 2.64. The van der Waals surface area contributed by atoms with Gasteiger partial charge in [0.1, 0.15) is 17.8 Å². The first-order valence-corrected chi connectivity index (χ1v) is 5.86. The lowest BCUT2D eigenvalue weighted by molar-refractivity contribution is -0.152. The first kappa shape index (κ1) is 13.2. The SMILES string of the molecule is C=C(C)C[C@]1(C)C(=O)CC[C@@H]1OC(=O)CCl. The monoisotopic (exact) mass is 244 g/mol. The lowest BCUT2D eigenvalue weighted by atomic mass is 9.80. The molecule has 0 heterocycles. The Morgan fingerprint density at radius 2 is 2.31 bits per heavy atom. The number of alkyl halides is 1. The van der Waals surface area contributed by atoms with Crippen molar-refractivity contribution >= 4 is 23.4 Å². The molecule has 4 heteroatoms. The van der Waals surface area contributed by atoms with Crippen molar-refractivity contribution in [3.63, 3.8) is 0 Å². The van der Waals surface area contributed by atoms with Gasteiger partial charge in [-0.2, -0.15) is 0 Å². The number of hydrogen-bond acceptors (Lipinski definition) is 3. The van der Waals surface area contributed by atoms with Crippen molar-refractivity contribution in [2.24, 2.45) is 5.41 Å². The summed E-state index contributed by atoms with van der Waals surface area (Å²) < 4.78 is 5.21. The van der Waals surface area contributed by atoms with Crippen molar-refractivity contribution < 1.29 is 14.3 Å². The molecule has 0 N–H and O–H groups in total. The number of carbonyl (C=O) groups is 2. The topological polar surface area (TPSA) is 43.4 Å². The van der Waals surface area contributed by atoms with Crippen molar-refractivity contribution in [1.29, 1.82) is 0 Å². The number of Topliss-reactive ketones (excluding diaryl/α,β-unsaturated/α-hetero) is 1. The van der Waals surface area contributed by atoms with E-state index in [4.69, 9.17) is 16.3 Å². The van der Waals surface area contributed by atoms with Crippen LogP contribution < -0.4 is 0 Å². The Morgan fingerprint density at radius 1 is 1.69 bits per heavy atom. The van der Waals surface area contributed by atoms with Gasteiger partial charge in [-0.3, -0.25) is 9.59 Å². The van der Waals surface area contributed by atoms with Crippen LogP contribution in [0, 0.1) is 5.41 Å². The van der Waals surface area contributed by atoms with Crippen molar-refractivity contribution in [2.45, 2.75) is 39.2 Å². The highest BCUT2D eigenvalue weighted by molar-refractivity contribution is 6.26. The summed E-state index contributed by atoms with van der Waals surface area (Å²) in [6.45, 7) is 7.52. The van der Waals surface area contributed by atoms with Crippen molar-refractivity contribution in [2.75, 3.05) is 5.88 Å².